The number of allylic oxidation sites excluding steroid dienone is 1. The smallest absolute Gasteiger partial charge is 0.256 e. The number of hydrogen-bond acceptors (Lipinski definition) is 3. The average Bonchev–Trinajstić information content (AvgIpc) is 3.00. The standard InChI is InChI=1S/C20H21N4/c21-12-13-24-15-17(11-10-16-6-2-1-3-7-16)23-20(24)14-22-18-8-4-5-9-19(18)24/h1-9,14-15H,10-13,21H2/q+1. The van der Waals surface area contributed by atoms with Gasteiger partial charge in [0.15, 0.2) is 5.69 Å². The molecule has 0 saturated carbocycles. The summed E-state index contributed by atoms with van der Waals surface area (Å²) in [5, 5.41) is 0. The molecule has 0 bridgehead atoms. The Morgan fingerprint density at radius 1 is 0.917 bits per heavy atom. The molecule has 24 heavy (non-hydrogen) atoms. The molecule has 2 heterocycles. The summed E-state index contributed by atoms with van der Waals surface area (Å²) in [6.07, 6.45) is 6.07. The van der Waals surface area contributed by atoms with E-state index in [9.17, 15) is 0 Å². The number of fused-ring (bicyclic) bond motifs is 3. The second-order valence-corrected chi connectivity index (χ2v) is 6.20. The minimum absolute atomic E-state index is 0.598. The highest BCUT2D eigenvalue weighted by atomic mass is 15.4. The van der Waals surface area contributed by atoms with Crippen molar-refractivity contribution in [2.45, 2.75) is 12.8 Å². The van der Waals surface area contributed by atoms with E-state index < -0.39 is 0 Å². The molecule has 120 valence electrons. The number of amidine groups is 1. The quantitative estimate of drug-likeness (QED) is 0.842. The molecular formula is C20H21N4+. The van der Waals surface area contributed by atoms with Gasteiger partial charge in [0.25, 0.3) is 5.84 Å². The van der Waals surface area contributed by atoms with E-state index in [1.807, 2.05) is 18.3 Å². The number of rotatable bonds is 5. The summed E-state index contributed by atoms with van der Waals surface area (Å²) >= 11 is 0. The van der Waals surface area contributed by atoms with Crippen molar-refractivity contribution in [3.63, 3.8) is 0 Å². The van der Waals surface area contributed by atoms with Gasteiger partial charge in [-0.15, -0.1) is 0 Å². The maximum Gasteiger partial charge on any atom is 0.256 e. The van der Waals surface area contributed by atoms with Crippen LogP contribution in [0.3, 0.4) is 0 Å². The summed E-state index contributed by atoms with van der Waals surface area (Å²) in [6.45, 7) is 1.40. The Hall–Kier alpha value is -2.56. The minimum atomic E-state index is 0.598. The van der Waals surface area contributed by atoms with Crippen LogP contribution in [-0.2, 0) is 6.42 Å². The van der Waals surface area contributed by atoms with Gasteiger partial charge in [0.2, 0.25) is 0 Å². The summed E-state index contributed by atoms with van der Waals surface area (Å²) in [6, 6.07) is 18.8. The van der Waals surface area contributed by atoms with Crippen molar-refractivity contribution in [2.24, 2.45) is 15.7 Å². The number of nitrogens with two attached hydrogens (primary N) is 1. The first-order valence-electron chi connectivity index (χ1n) is 8.38. The number of aliphatic imine (C=N–C) groups is 2. The Labute approximate surface area is 142 Å². The molecule has 2 N–H and O–H groups in total. The third-order valence-electron chi connectivity index (χ3n) is 4.66. The third-order valence-corrected chi connectivity index (χ3v) is 4.66. The molecule has 0 aromatic heterocycles. The molecule has 1 atom stereocenters. The summed E-state index contributed by atoms with van der Waals surface area (Å²) in [7, 11) is 0. The zero-order valence-corrected chi connectivity index (χ0v) is 13.6. The van der Waals surface area contributed by atoms with Crippen LogP contribution in [0.15, 0.2) is 76.5 Å². The van der Waals surface area contributed by atoms with Crippen LogP contribution >= 0.6 is 0 Å². The molecule has 2 aromatic carbocycles. The first-order valence-corrected chi connectivity index (χ1v) is 8.38. The molecule has 0 fully saturated rings. The Kier molecular flexibility index (Phi) is 3.84. The Bertz CT molecular complexity index is 836. The van der Waals surface area contributed by atoms with Crippen LogP contribution in [0.25, 0.3) is 0 Å². The van der Waals surface area contributed by atoms with Crippen LogP contribution in [-0.4, -0.2) is 25.1 Å². The fourth-order valence-corrected chi connectivity index (χ4v) is 3.49. The number of nitrogens with zero attached hydrogens (tertiary/aromatic N) is 3. The van der Waals surface area contributed by atoms with E-state index >= 15 is 0 Å². The molecule has 0 amide bonds. The summed E-state index contributed by atoms with van der Waals surface area (Å²) in [5.74, 6) is 0.974. The van der Waals surface area contributed by atoms with Crippen LogP contribution in [0.2, 0.25) is 0 Å². The molecule has 4 heteroatoms. The van der Waals surface area contributed by atoms with E-state index in [0.717, 1.165) is 36.6 Å². The van der Waals surface area contributed by atoms with Gasteiger partial charge in [-0.1, -0.05) is 42.5 Å². The number of para-hydroxylation sites is 2. The Morgan fingerprint density at radius 3 is 2.54 bits per heavy atom. The van der Waals surface area contributed by atoms with Crippen LogP contribution in [0.1, 0.15) is 12.0 Å². The van der Waals surface area contributed by atoms with Crippen molar-refractivity contribution >= 4 is 23.4 Å². The molecule has 4 nitrogen and oxygen atoms in total. The molecule has 2 aliphatic rings. The largest absolute Gasteiger partial charge is 0.326 e. The van der Waals surface area contributed by atoms with Crippen molar-refractivity contribution in [3.8, 4) is 0 Å². The summed E-state index contributed by atoms with van der Waals surface area (Å²) in [4.78, 5) is 9.43. The van der Waals surface area contributed by atoms with Crippen molar-refractivity contribution in [3.05, 3.63) is 72.1 Å². The van der Waals surface area contributed by atoms with E-state index in [2.05, 4.69) is 53.7 Å². The number of benzene rings is 2. The monoisotopic (exact) mass is 317 g/mol. The fraction of sp³-hybridized carbons (Fsp3) is 0.200. The fourth-order valence-electron chi connectivity index (χ4n) is 3.49. The van der Waals surface area contributed by atoms with Crippen LogP contribution in [0, 0.1) is 0 Å². The average molecular weight is 317 g/mol. The Morgan fingerprint density at radius 2 is 1.71 bits per heavy atom. The lowest BCUT2D eigenvalue weighted by atomic mass is 10.1. The number of hydrogen-bond donors (Lipinski definition) is 1. The lowest BCUT2D eigenvalue weighted by Crippen LogP contribution is -2.52. The highest BCUT2D eigenvalue weighted by molar-refractivity contribution is 6.37. The molecule has 4 rings (SSSR count). The predicted octanol–water partition coefficient (Wildman–Crippen LogP) is 3.55. The van der Waals surface area contributed by atoms with Crippen molar-refractivity contribution in [2.75, 3.05) is 13.1 Å². The SMILES string of the molecule is NCC[N+]12C=C(CCc3ccccc3)N=C1C=Nc1ccccc12. The van der Waals surface area contributed by atoms with Gasteiger partial charge < -0.3 is 5.73 Å². The van der Waals surface area contributed by atoms with Gasteiger partial charge >= 0.3 is 0 Å². The number of quaternary nitrogens is 1. The summed E-state index contributed by atoms with van der Waals surface area (Å²) in [5.41, 5.74) is 10.6. The van der Waals surface area contributed by atoms with Gasteiger partial charge in [0, 0.05) is 12.6 Å². The first-order chi connectivity index (χ1) is 11.8. The lowest BCUT2D eigenvalue weighted by Gasteiger charge is -2.32. The molecule has 2 aliphatic heterocycles. The predicted molar refractivity (Wildman–Crippen MR) is 101 cm³/mol. The van der Waals surface area contributed by atoms with Crippen LogP contribution < -0.4 is 10.2 Å². The molecule has 0 spiro atoms. The molecule has 0 saturated heterocycles. The van der Waals surface area contributed by atoms with Gasteiger partial charge in [-0.25, -0.2) is 9.48 Å². The van der Waals surface area contributed by atoms with Gasteiger partial charge in [0.1, 0.15) is 30.3 Å². The molecule has 2 aromatic rings. The summed E-state index contributed by atoms with van der Waals surface area (Å²) < 4.78 is 0.598. The second-order valence-electron chi connectivity index (χ2n) is 6.20. The van der Waals surface area contributed by atoms with E-state index in [0.29, 0.717) is 11.0 Å². The molecule has 1 unspecified atom stereocenters. The highest BCUT2D eigenvalue weighted by Gasteiger charge is 2.42. The maximum absolute atomic E-state index is 5.93. The van der Waals surface area contributed by atoms with Crippen molar-refractivity contribution < 1.29 is 0 Å². The van der Waals surface area contributed by atoms with Crippen molar-refractivity contribution in [1.82, 2.24) is 4.48 Å². The van der Waals surface area contributed by atoms with Gasteiger partial charge in [-0.05, 0) is 24.5 Å². The second kappa shape index (κ2) is 6.15. The van der Waals surface area contributed by atoms with Crippen LogP contribution in [0.5, 0.6) is 0 Å². The lowest BCUT2D eigenvalue weighted by molar-refractivity contribution is 0.557. The third kappa shape index (κ3) is 2.50. The van der Waals surface area contributed by atoms with Crippen molar-refractivity contribution in [1.29, 1.82) is 0 Å². The molecular weight excluding hydrogens is 296 g/mol. The normalized spacial score (nSPS) is 21.0. The van der Waals surface area contributed by atoms with E-state index in [4.69, 9.17) is 10.7 Å². The first kappa shape index (κ1) is 15.0. The molecule has 0 aliphatic carbocycles. The van der Waals surface area contributed by atoms with E-state index in [1.54, 1.807) is 0 Å². The topological polar surface area (TPSA) is 50.7 Å². The number of aryl methyl sites for hydroxylation is 1. The van der Waals surface area contributed by atoms with Gasteiger partial charge in [-0.3, -0.25) is 0 Å². The molecule has 0 radical (unpaired) electrons. The van der Waals surface area contributed by atoms with Crippen LogP contribution in [0.4, 0.5) is 11.4 Å². The zero-order chi connectivity index (χ0) is 16.4. The van der Waals surface area contributed by atoms with E-state index in [-0.39, 0.29) is 0 Å². The highest BCUT2D eigenvalue weighted by Crippen LogP contribution is 2.40. The maximum atomic E-state index is 5.93. The van der Waals surface area contributed by atoms with Gasteiger partial charge in [-0.2, -0.15) is 4.99 Å². The van der Waals surface area contributed by atoms with Gasteiger partial charge in [0.05, 0.1) is 0 Å². The van der Waals surface area contributed by atoms with E-state index in [1.165, 1.54) is 11.3 Å². The zero-order valence-electron chi connectivity index (χ0n) is 13.6. The minimum Gasteiger partial charge on any atom is -0.326 e. The Balaban J connectivity index is 1.66.